The monoisotopic (exact) mass is 287 g/mol. The molecule has 2 N–H and O–H groups in total. The number of hydrogen-bond donors (Lipinski definition) is 2. The van der Waals surface area contributed by atoms with Gasteiger partial charge in [-0.3, -0.25) is 4.79 Å². The Bertz CT molecular complexity index is 533. The molecular weight excluding hydrogens is 266 g/mol. The molecule has 0 aliphatic heterocycles. The molecule has 1 amide bonds. The molecule has 0 bridgehead atoms. The Morgan fingerprint density at radius 1 is 1.29 bits per heavy atom. The molecule has 1 aromatic carbocycles. The van der Waals surface area contributed by atoms with Crippen molar-refractivity contribution in [3.8, 4) is 0 Å². The lowest BCUT2D eigenvalue weighted by atomic mass is 10.1. The average molecular weight is 287 g/mol. The summed E-state index contributed by atoms with van der Waals surface area (Å²) in [6.45, 7) is 3.00. The zero-order chi connectivity index (χ0) is 15.2. The van der Waals surface area contributed by atoms with Crippen molar-refractivity contribution >= 4 is 18.0 Å². The first-order valence-electron chi connectivity index (χ1n) is 7.34. The Kier molecular flexibility index (Phi) is 5.14. The highest BCUT2D eigenvalue weighted by Crippen LogP contribution is 2.29. The lowest BCUT2D eigenvalue weighted by molar-refractivity contribution is -0.131. The molecule has 0 radical (unpaired) electrons. The molecule has 2 rings (SSSR count). The highest BCUT2D eigenvalue weighted by Gasteiger charge is 2.21. The summed E-state index contributed by atoms with van der Waals surface area (Å²) in [5.41, 5.74) is 1.37. The van der Waals surface area contributed by atoms with Gasteiger partial charge in [0.05, 0.1) is 0 Å². The molecular formula is C17H21NO3. The number of rotatable bonds is 5. The van der Waals surface area contributed by atoms with Crippen LogP contribution in [0.2, 0.25) is 0 Å². The van der Waals surface area contributed by atoms with E-state index in [4.69, 9.17) is 5.11 Å². The van der Waals surface area contributed by atoms with Crippen LogP contribution in [0.1, 0.15) is 42.1 Å². The van der Waals surface area contributed by atoms with E-state index in [1.54, 1.807) is 24.3 Å². The topological polar surface area (TPSA) is 66.4 Å². The van der Waals surface area contributed by atoms with Crippen molar-refractivity contribution in [1.82, 2.24) is 5.32 Å². The van der Waals surface area contributed by atoms with Gasteiger partial charge in [-0.1, -0.05) is 25.5 Å². The van der Waals surface area contributed by atoms with Crippen molar-refractivity contribution in [2.45, 2.75) is 26.2 Å². The summed E-state index contributed by atoms with van der Waals surface area (Å²) in [6.07, 6.45) is 6.23. The Labute approximate surface area is 124 Å². The zero-order valence-corrected chi connectivity index (χ0v) is 12.2. The first-order valence-corrected chi connectivity index (χ1v) is 7.34. The summed E-state index contributed by atoms with van der Waals surface area (Å²) < 4.78 is 0. The maximum atomic E-state index is 12.0. The molecule has 1 saturated carbocycles. The highest BCUT2D eigenvalue weighted by atomic mass is 16.4. The van der Waals surface area contributed by atoms with E-state index in [2.05, 4.69) is 12.2 Å². The summed E-state index contributed by atoms with van der Waals surface area (Å²) >= 11 is 0. The van der Waals surface area contributed by atoms with Gasteiger partial charge in [-0.15, -0.1) is 0 Å². The van der Waals surface area contributed by atoms with Crippen molar-refractivity contribution in [2.24, 2.45) is 11.8 Å². The van der Waals surface area contributed by atoms with Crippen molar-refractivity contribution in [3.63, 3.8) is 0 Å². The first kappa shape index (κ1) is 15.3. The van der Waals surface area contributed by atoms with Crippen LogP contribution in [0.15, 0.2) is 30.3 Å². The molecule has 112 valence electrons. The fourth-order valence-electron chi connectivity index (χ4n) is 2.76. The third kappa shape index (κ3) is 4.74. The summed E-state index contributed by atoms with van der Waals surface area (Å²) in [4.78, 5) is 22.5. The van der Waals surface area contributed by atoms with Crippen LogP contribution >= 0.6 is 0 Å². The van der Waals surface area contributed by atoms with Crippen molar-refractivity contribution in [2.75, 3.05) is 6.54 Å². The third-order valence-electron chi connectivity index (χ3n) is 3.95. The van der Waals surface area contributed by atoms with Gasteiger partial charge in [0, 0.05) is 18.2 Å². The zero-order valence-electron chi connectivity index (χ0n) is 12.2. The fourth-order valence-corrected chi connectivity index (χ4v) is 2.76. The second-order valence-electron chi connectivity index (χ2n) is 5.79. The maximum Gasteiger partial charge on any atom is 0.328 e. The van der Waals surface area contributed by atoms with E-state index in [0.717, 1.165) is 24.1 Å². The van der Waals surface area contributed by atoms with Crippen LogP contribution in [0.25, 0.3) is 6.08 Å². The maximum absolute atomic E-state index is 12.0. The van der Waals surface area contributed by atoms with Gasteiger partial charge in [0.15, 0.2) is 0 Å². The third-order valence-corrected chi connectivity index (χ3v) is 3.95. The van der Waals surface area contributed by atoms with E-state index >= 15 is 0 Å². The molecule has 21 heavy (non-hydrogen) atoms. The molecule has 1 aliphatic carbocycles. The number of carboxylic acid groups (broad SMARTS) is 1. The summed E-state index contributed by atoms with van der Waals surface area (Å²) in [6, 6.07) is 6.92. The van der Waals surface area contributed by atoms with E-state index in [9.17, 15) is 9.59 Å². The van der Waals surface area contributed by atoms with Crippen LogP contribution in [0.5, 0.6) is 0 Å². The summed E-state index contributed by atoms with van der Waals surface area (Å²) in [7, 11) is 0. The number of carbonyl (C=O) groups excluding carboxylic acids is 1. The first-order chi connectivity index (χ1) is 10.0. The molecule has 0 spiro atoms. The van der Waals surface area contributed by atoms with E-state index in [1.807, 2.05) is 0 Å². The Hall–Kier alpha value is -2.10. The van der Waals surface area contributed by atoms with Crippen molar-refractivity contribution < 1.29 is 14.7 Å². The minimum atomic E-state index is -0.984. The average Bonchev–Trinajstić information content (AvgIpc) is 2.89. The second-order valence-corrected chi connectivity index (χ2v) is 5.79. The second kappa shape index (κ2) is 7.07. The van der Waals surface area contributed by atoms with Gasteiger partial charge >= 0.3 is 5.97 Å². The lowest BCUT2D eigenvalue weighted by Gasteiger charge is -2.11. The molecule has 4 nitrogen and oxygen atoms in total. The van der Waals surface area contributed by atoms with Gasteiger partial charge in [-0.05, 0) is 48.4 Å². The van der Waals surface area contributed by atoms with Gasteiger partial charge in [-0.2, -0.15) is 0 Å². The normalized spacial score (nSPS) is 21.6. The minimum Gasteiger partial charge on any atom is -0.478 e. The number of aliphatic carboxylic acids is 1. The molecule has 4 heteroatoms. The number of nitrogens with one attached hydrogen (secondary N) is 1. The van der Waals surface area contributed by atoms with Crippen LogP contribution in [0.3, 0.4) is 0 Å². The van der Waals surface area contributed by atoms with Crippen LogP contribution in [-0.2, 0) is 4.79 Å². The predicted molar refractivity (Wildman–Crippen MR) is 82.0 cm³/mol. The van der Waals surface area contributed by atoms with Crippen molar-refractivity contribution in [1.29, 1.82) is 0 Å². The number of hydrogen-bond acceptors (Lipinski definition) is 2. The SMILES string of the molecule is CC1CCC(CNC(=O)c2ccc(/C=C/C(=O)O)cc2)C1. The van der Waals surface area contributed by atoms with Crippen molar-refractivity contribution in [3.05, 3.63) is 41.5 Å². The molecule has 0 saturated heterocycles. The van der Waals surface area contributed by atoms with Crippen LogP contribution in [0.4, 0.5) is 0 Å². The van der Waals surface area contributed by atoms with Crippen LogP contribution in [-0.4, -0.2) is 23.5 Å². The lowest BCUT2D eigenvalue weighted by Crippen LogP contribution is -2.28. The van der Waals surface area contributed by atoms with Crippen LogP contribution in [0, 0.1) is 11.8 Å². The summed E-state index contributed by atoms with van der Waals surface area (Å²) in [5.74, 6) is 0.319. The number of amides is 1. The van der Waals surface area contributed by atoms with E-state index in [0.29, 0.717) is 11.5 Å². The largest absolute Gasteiger partial charge is 0.478 e. The van der Waals surface area contributed by atoms with Gasteiger partial charge in [0.1, 0.15) is 0 Å². The molecule has 2 atom stereocenters. The van der Waals surface area contributed by atoms with Gasteiger partial charge in [0.2, 0.25) is 0 Å². The highest BCUT2D eigenvalue weighted by molar-refractivity contribution is 5.94. The molecule has 0 heterocycles. The van der Waals surface area contributed by atoms with Gasteiger partial charge in [-0.25, -0.2) is 4.79 Å². The Morgan fingerprint density at radius 3 is 2.57 bits per heavy atom. The molecule has 1 aromatic rings. The predicted octanol–water partition coefficient (Wildman–Crippen LogP) is 2.95. The number of carboxylic acids is 1. The fraction of sp³-hybridized carbons (Fsp3) is 0.412. The Morgan fingerprint density at radius 2 is 2.00 bits per heavy atom. The van der Waals surface area contributed by atoms with Gasteiger partial charge in [0.25, 0.3) is 5.91 Å². The smallest absolute Gasteiger partial charge is 0.328 e. The Balaban J connectivity index is 1.86. The standard InChI is InChI=1S/C17H21NO3/c1-12-2-3-14(10-12)11-18-17(21)15-7-4-13(5-8-15)6-9-16(19)20/h4-9,12,14H,2-3,10-11H2,1H3,(H,18,21)(H,19,20)/b9-6+. The van der Waals surface area contributed by atoms with E-state index < -0.39 is 5.97 Å². The molecule has 0 aromatic heterocycles. The quantitative estimate of drug-likeness (QED) is 0.818. The van der Waals surface area contributed by atoms with E-state index in [1.165, 1.54) is 25.3 Å². The summed E-state index contributed by atoms with van der Waals surface area (Å²) in [5, 5.41) is 11.5. The number of benzene rings is 1. The van der Waals surface area contributed by atoms with E-state index in [-0.39, 0.29) is 5.91 Å². The molecule has 2 unspecified atom stereocenters. The minimum absolute atomic E-state index is 0.0664. The molecule has 1 aliphatic rings. The van der Waals surface area contributed by atoms with Gasteiger partial charge < -0.3 is 10.4 Å². The molecule has 1 fully saturated rings. The number of carbonyl (C=O) groups is 2. The van der Waals surface area contributed by atoms with Crippen LogP contribution < -0.4 is 5.32 Å².